The number of anilines is 1. The largest absolute Gasteiger partial charge is 0.368 e. The first kappa shape index (κ1) is 17.2. The first-order chi connectivity index (χ1) is 13.2. The van der Waals surface area contributed by atoms with Gasteiger partial charge in [-0.3, -0.25) is 14.8 Å². The van der Waals surface area contributed by atoms with E-state index < -0.39 is 0 Å². The predicted molar refractivity (Wildman–Crippen MR) is 107 cm³/mol. The van der Waals surface area contributed by atoms with Gasteiger partial charge < -0.3 is 9.80 Å². The van der Waals surface area contributed by atoms with Crippen molar-refractivity contribution in [2.45, 2.75) is 6.92 Å². The average Bonchev–Trinajstić information content (AvgIpc) is 2.74. The zero-order valence-corrected chi connectivity index (χ0v) is 15.4. The number of pyridine rings is 2. The molecular weight excluding hydrogens is 336 g/mol. The van der Waals surface area contributed by atoms with E-state index in [2.05, 4.69) is 14.9 Å². The lowest BCUT2D eigenvalue weighted by molar-refractivity contribution is 0.0745. The topological polar surface area (TPSA) is 49.3 Å². The Balaban J connectivity index is 1.46. The molecule has 1 amide bonds. The van der Waals surface area contributed by atoms with Crippen LogP contribution in [0.3, 0.4) is 0 Å². The smallest absolute Gasteiger partial charge is 0.255 e. The van der Waals surface area contributed by atoms with Crippen molar-refractivity contribution >= 4 is 11.6 Å². The van der Waals surface area contributed by atoms with Gasteiger partial charge in [-0.15, -0.1) is 0 Å². The number of aromatic nitrogens is 2. The quantitative estimate of drug-likeness (QED) is 0.720. The Labute approximate surface area is 159 Å². The molecule has 0 saturated carbocycles. The lowest BCUT2D eigenvalue weighted by Gasteiger charge is -2.36. The van der Waals surface area contributed by atoms with E-state index in [-0.39, 0.29) is 5.91 Å². The van der Waals surface area contributed by atoms with E-state index in [0.717, 1.165) is 35.7 Å². The van der Waals surface area contributed by atoms with E-state index in [1.807, 2.05) is 66.4 Å². The van der Waals surface area contributed by atoms with Gasteiger partial charge in [-0.2, -0.15) is 0 Å². The summed E-state index contributed by atoms with van der Waals surface area (Å²) < 4.78 is 0. The molecule has 0 N–H and O–H groups in total. The number of hydrogen-bond acceptors (Lipinski definition) is 4. The van der Waals surface area contributed by atoms with Crippen LogP contribution in [-0.2, 0) is 0 Å². The summed E-state index contributed by atoms with van der Waals surface area (Å²) in [5, 5.41) is 0. The highest BCUT2D eigenvalue weighted by Crippen LogP contribution is 2.21. The predicted octanol–water partition coefficient (Wildman–Crippen LogP) is 3.41. The van der Waals surface area contributed by atoms with Gasteiger partial charge in [0.2, 0.25) is 0 Å². The van der Waals surface area contributed by atoms with Crippen LogP contribution in [-0.4, -0.2) is 47.0 Å². The molecule has 4 rings (SSSR count). The van der Waals surface area contributed by atoms with Crippen LogP contribution in [0.1, 0.15) is 16.1 Å². The number of nitrogens with zero attached hydrogens (tertiary/aromatic N) is 4. The summed E-state index contributed by atoms with van der Waals surface area (Å²) in [6, 6.07) is 17.9. The normalized spacial score (nSPS) is 14.3. The van der Waals surface area contributed by atoms with Gasteiger partial charge in [-0.05, 0) is 31.2 Å². The summed E-state index contributed by atoms with van der Waals surface area (Å²) in [7, 11) is 0. The van der Waals surface area contributed by atoms with Gasteiger partial charge in [0.1, 0.15) is 0 Å². The summed E-state index contributed by atoms with van der Waals surface area (Å²) in [5.41, 5.74) is 4.57. The second-order valence-electron chi connectivity index (χ2n) is 6.68. The van der Waals surface area contributed by atoms with Crippen LogP contribution in [0.2, 0.25) is 0 Å². The molecule has 1 aromatic carbocycles. The molecule has 3 aromatic rings. The van der Waals surface area contributed by atoms with Crippen LogP contribution < -0.4 is 4.90 Å². The summed E-state index contributed by atoms with van der Waals surface area (Å²) >= 11 is 0. The monoisotopic (exact) mass is 358 g/mol. The molecule has 1 aliphatic rings. The number of piperazine rings is 1. The Morgan fingerprint density at radius 2 is 1.59 bits per heavy atom. The number of benzene rings is 1. The zero-order chi connectivity index (χ0) is 18.6. The maximum Gasteiger partial charge on any atom is 0.255 e. The van der Waals surface area contributed by atoms with Gasteiger partial charge in [0.25, 0.3) is 5.91 Å². The van der Waals surface area contributed by atoms with Crippen molar-refractivity contribution in [3.8, 4) is 11.3 Å². The lowest BCUT2D eigenvalue weighted by atomic mass is 10.1. The van der Waals surface area contributed by atoms with Gasteiger partial charge in [0.15, 0.2) is 0 Å². The summed E-state index contributed by atoms with van der Waals surface area (Å²) in [6.45, 7) is 4.98. The summed E-state index contributed by atoms with van der Waals surface area (Å²) in [6.07, 6.45) is 3.60. The molecule has 1 fully saturated rings. The van der Waals surface area contributed by atoms with E-state index >= 15 is 0 Å². The molecule has 1 aliphatic heterocycles. The fourth-order valence-electron chi connectivity index (χ4n) is 3.45. The minimum atomic E-state index is 0.0639. The van der Waals surface area contributed by atoms with Crippen molar-refractivity contribution in [3.63, 3.8) is 0 Å². The summed E-state index contributed by atoms with van der Waals surface area (Å²) in [5.74, 6) is 0.0639. The Hall–Kier alpha value is -3.21. The van der Waals surface area contributed by atoms with Crippen LogP contribution in [0.4, 0.5) is 5.69 Å². The minimum Gasteiger partial charge on any atom is -0.368 e. The fourth-order valence-corrected chi connectivity index (χ4v) is 3.45. The zero-order valence-electron chi connectivity index (χ0n) is 15.4. The average molecular weight is 358 g/mol. The molecule has 5 nitrogen and oxygen atoms in total. The Morgan fingerprint density at radius 3 is 2.26 bits per heavy atom. The molecule has 0 spiro atoms. The second kappa shape index (κ2) is 7.58. The SMILES string of the molecule is Cc1nc(-c2ccccc2)ccc1C(=O)N1CCN(c2ccncc2)CC1. The fraction of sp³-hybridized carbons (Fsp3) is 0.227. The van der Waals surface area contributed by atoms with Crippen LogP contribution in [0.5, 0.6) is 0 Å². The standard InChI is InChI=1S/C22H22N4O/c1-17-20(7-8-21(24-17)18-5-3-2-4-6-18)22(27)26-15-13-25(14-16-26)19-9-11-23-12-10-19/h2-12H,13-16H2,1H3. The molecule has 3 heterocycles. The van der Waals surface area contributed by atoms with Crippen molar-refractivity contribution in [2.75, 3.05) is 31.1 Å². The first-order valence-corrected chi connectivity index (χ1v) is 9.20. The van der Waals surface area contributed by atoms with E-state index in [9.17, 15) is 4.79 Å². The Morgan fingerprint density at radius 1 is 0.889 bits per heavy atom. The van der Waals surface area contributed by atoms with Gasteiger partial charge >= 0.3 is 0 Å². The number of hydrogen-bond donors (Lipinski definition) is 0. The minimum absolute atomic E-state index is 0.0639. The molecule has 0 atom stereocenters. The summed E-state index contributed by atoms with van der Waals surface area (Å²) in [4.78, 5) is 25.9. The molecule has 1 saturated heterocycles. The highest BCUT2D eigenvalue weighted by Gasteiger charge is 2.23. The van der Waals surface area contributed by atoms with Gasteiger partial charge in [0, 0.05) is 49.8 Å². The number of rotatable bonds is 3. The van der Waals surface area contributed by atoms with Crippen LogP contribution in [0.25, 0.3) is 11.3 Å². The Kier molecular flexibility index (Phi) is 4.83. The molecular formula is C22H22N4O. The molecule has 5 heteroatoms. The highest BCUT2D eigenvalue weighted by molar-refractivity contribution is 5.95. The van der Waals surface area contributed by atoms with Gasteiger partial charge in [-0.25, -0.2) is 0 Å². The molecule has 136 valence electrons. The molecule has 0 aliphatic carbocycles. The number of carbonyl (C=O) groups excluding carboxylic acids is 1. The molecule has 0 radical (unpaired) electrons. The van der Waals surface area contributed by atoms with E-state index in [1.54, 1.807) is 12.4 Å². The van der Waals surface area contributed by atoms with Crippen molar-refractivity contribution in [2.24, 2.45) is 0 Å². The number of carbonyl (C=O) groups is 1. The third-order valence-corrected chi connectivity index (χ3v) is 4.98. The Bertz CT molecular complexity index is 920. The highest BCUT2D eigenvalue weighted by atomic mass is 16.2. The van der Waals surface area contributed by atoms with Gasteiger partial charge in [-0.1, -0.05) is 30.3 Å². The lowest BCUT2D eigenvalue weighted by Crippen LogP contribution is -2.49. The first-order valence-electron chi connectivity index (χ1n) is 9.20. The molecule has 0 bridgehead atoms. The van der Waals surface area contributed by atoms with Crippen molar-refractivity contribution < 1.29 is 4.79 Å². The molecule has 0 unspecified atom stereocenters. The molecule has 27 heavy (non-hydrogen) atoms. The van der Waals surface area contributed by atoms with Gasteiger partial charge in [0.05, 0.1) is 17.0 Å². The van der Waals surface area contributed by atoms with Crippen LogP contribution in [0, 0.1) is 6.92 Å². The second-order valence-corrected chi connectivity index (χ2v) is 6.68. The van der Waals surface area contributed by atoms with Crippen molar-refractivity contribution in [3.05, 3.63) is 78.2 Å². The maximum absolute atomic E-state index is 13.0. The molecule has 2 aromatic heterocycles. The maximum atomic E-state index is 13.0. The van der Waals surface area contributed by atoms with E-state index in [1.165, 1.54) is 0 Å². The van der Waals surface area contributed by atoms with E-state index in [4.69, 9.17) is 0 Å². The van der Waals surface area contributed by atoms with Crippen LogP contribution >= 0.6 is 0 Å². The van der Waals surface area contributed by atoms with Crippen molar-refractivity contribution in [1.29, 1.82) is 0 Å². The number of aryl methyl sites for hydroxylation is 1. The third kappa shape index (κ3) is 3.67. The van der Waals surface area contributed by atoms with Crippen molar-refractivity contribution in [1.82, 2.24) is 14.9 Å². The third-order valence-electron chi connectivity index (χ3n) is 4.98. The van der Waals surface area contributed by atoms with E-state index in [0.29, 0.717) is 18.7 Å². The number of amides is 1. The van der Waals surface area contributed by atoms with Crippen LogP contribution in [0.15, 0.2) is 67.0 Å².